The van der Waals surface area contributed by atoms with Crippen LogP contribution in [0.25, 0.3) is 0 Å². The summed E-state index contributed by atoms with van der Waals surface area (Å²) in [4.78, 5) is 0. The zero-order chi connectivity index (χ0) is 12.1. The first-order valence-corrected chi connectivity index (χ1v) is 7.05. The first-order valence-electron chi connectivity index (χ1n) is 5.77. The number of rotatable bonds is 5. The van der Waals surface area contributed by atoms with E-state index in [0.717, 1.165) is 12.0 Å². The molecule has 0 aliphatic heterocycles. The van der Waals surface area contributed by atoms with Crippen LogP contribution < -0.4 is 5.73 Å². The predicted molar refractivity (Wildman–Crippen MR) is 70.7 cm³/mol. The van der Waals surface area contributed by atoms with E-state index in [0.29, 0.717) is 0 Å². The fraction of sp³-hybridized carbons (Fsp3) is 0.538. The Kier molecular flexibility index (Phi) is 5.16. The van der Waals surface area contributed by atoms with Crippen LogP contribution in [0.4, 0.5) is 0 Å². The van der Waals surface area contributed by atoms with E-state index in [1.807, 2.05) is 44.2 Å². The normalized spacial score (nSPS) is 18.8. The molecule has 1 rings (SSSR count). The summed E-state index contributed by atoms with van der Waals surface area (Å²) in [7, 11) is -0.865. The molecule has 16 heavy (non-hydrogen) atoms. The van der Waals surface area contributed by atoms with Crippen LogP contribution in [0.15, 0.2) is 30.3 Å². The van der Waals surface area contributed by atoms with Crippen molar-refractivity contribution in [1.82, 2.24) is 0 Å². The standard InChI is InChI=1S/C13H21NOS/c1-4-10(2)16(15)11(3)13(14)12-8-6-5-7-9-12/h5-11,13H,4,14H2,1-3H3. The maximum atomic E-state index is 12.1. The van der Waals surface area contributed by atoms with Gasteiger partial charge in [0.25, 0.3) is 0 Å². The fourth-order valence-corrected chi connectivity index (χ4v) is 3.13. The molecular weight excluding hydrogens is 218 g/mol. The van der Waals surface area contributed by atoms with Gasteiger partial charge in [0.05, 0.1) is 5.25 Å². The average molecular weight is 239 g/mol. The Hall–Kier alpha value is -0.670. The summed E-state index contributed by atoms with van der Waals surface area (Å²) >= 11 is 0. The van der Waals surface area contributed by atoms with Crippen molar-refractivity contribution in [3.05, 3.63) is 35.9 Å². The van der Waals surface area contributed by atoms with Gasteiger partial charge in [-0.3, -0.25) is 4.21 Å². The van der Waals surface area contributed by atoms with Gasteiger partial charge in [-0.15, -0.1) is 0 Å². The van der Waals surface area contributed by atoms with E-state index >= 15 is 0 Å². The first-order chi connectivity index (χ1) is 7.57. The van der Waals surface area contributed by atoms with Gasteiger partial charge in [-0.2, -0.15) is 0 Å². The molecule has 4 unspecified atom stereocenters. The highest BCUT2D eigenvalue weighted by Crippen LogP contribution is 2.20. The van der Waals surface area contributed by atoms with Gasteiger partial charge in [-0.1, -0.05) is 44.2 Å². The zero-order valence-electron chi connectivity index (χ0n) is 10.2. The largest absolute Gasteiger partial charge is 0.323 e. The van der Waals surface area contributed by atoms with E-state index in [-0.39, 0.29) is 16.5 Å². The Morgan fingerprint density at radius 3 is 2.31 bits per heavy atom. The van der Waals surface area contributed by atoms with E-state index in [9.17, 15) is 4.21 Å². The molecule has 1 aromatic carbocycles. The molecule has 0 saturated heterocycles. The predicted octanol–water partition coefficient (Wildman–Crippen LogP) is 2.62. The maximum absolute atomic E-state index is 12.1. The van der Waals surface area contributed by atoms with Crippen molar-refractivity contribution in [2.24, 2.45) is 5.73 Å². The van der Waals surface area contributed by atoms with Crippen LogP contribution >= 0.6 is 0 Å². The molecule has 2 nitrogen and oxygen atoms in total. The van der Waals surface area contributed by atoms with Gasteiger partial charge in [0.2, 0.25) is 0 Å². The number of hydrogen-bond acceptors (Lipinski definition) is 2. The molecule has 3 heteroatoms. The molecule has 1 aromatic rings. The summed E-state index contributed by atoms with van der Waals surface area (Å²) in [5.74, 6) is 0. The second-order valence-electron chi connectivity index (χ2n) is 4.19. The lowest BCUT2D eigenvalue weighted by atomic mass is 10.1. The molecule has 0 aromatic heterocycles. The van der Waals surface area contributed by atoms with Gasteiger partial charge in [0.1, 0.15) is 0 Å². The van der Waals surface area contributed by atoms with Crippen molar-refractivity contribution in [1.29, 1.82) is 0 Å². The molecule has 0 aliphatic carbocycles. The molecule has 0 fully saturated rings. The lowest BCUT2D eigenvalue weighted by Gasteiger charge is -2.22. The Morgan fingerprint density at radius 1 is 1.25 bits per heavy atom. The Balaban J connectivity index is 2.75. The molecule has 2 N–H and O–H groups in total. The SMILES string of the molecule is CCC(C)S(=O)C(C)C(N)c1ccccc1. The van der Waals surface area contributed by atoms with Crippen molar-refractivity contribution in [2.75, 3.05) is 0 Å². The lowest BCUT2D eigenvalue weighted by molar-refractivity contribution is 0.630. The van der Waals surface area contributed by atoms with E-state index in [1.54, 1.807) is 0 Å². The van der Waals surface area contributed by atoms with Crippen molar-refractivity contribution in [3.8, 4) is 0 Å². The van der Waals surface area contributed by atoms with Crippen LogP contribution in [-0.4, -0.2) is 14.7 Å². The van der Waals surface area contributed by atoms with Gasteiger partial charge in [0, 0.05) is 22.1 Å². The van der Waals surface area contributed by atoms with Crippen molar-refractivity contribution < 1.29 is 4.21 Å². The Morgan fingerprint density at radius 2 is 1.81 bits per heavy atom. The van der Waals surface area contributed by atoms with Crippen LogP contribution in [0.1, 0.15) is 38.8 Å². The van der Waals surface area contributed by atoms with Crippen LogP contribution in [0.2, 0.25) is 0 Å². The van der Waals surface area contributed by atoms with Crippen molar-refractivity contribution in [3.63, 3.8) is 0 Å². The minimum Gasteiger partial charge on any atom is -0.323 e. The number of nitrogens with two attached hydrogens (primary N) is 1. The lowest BCUT2D eigenvalue weighted by Crippen LogP contribution is -2.31. The fourth-order valence-electron chi connectivity index (χ4n) is 1.62. The van der Waals surface area contributed by atoms with E-state index in [1.165, 1.54) is 0 Å². The smallest absolute Gasteiger partial charge is 0.0515 e. The average Bonchev–Trinajstić information content (AvgIpc) is 2.36. The molecule has 0 heterocycles. The summed E-state index contributed by atoms with van der Waals surface area (Å²) in [5.41, 5.74) is 7.20. The van der Waals surface area contributed by atoms with Crippen LogP contribution in [0.3, 0.4) is 0 Å². The molecular formula is C13H21NOS. The first kappa shape index (κ1) is 13.4. The van der Waals surface area contributed by atoms with E-state index in [2.05, 4.69) is 6.92 Å². The zero-order valence-corrected chi connectivity index (χ0v) is 11.0. The highest BCUT2D eigenvalue weighted by atomic mass is 32.2. The molecule has 0 spiro atoms. The summed E-state index contributed by atoms with van der Waals surface area (Å²) in [5, 5.41) is 0.210. The third-order valence-electron chi connectivity index (χ3n) is 3.03. The number of hydrogen-bond donors (Lipinski definition) is 1. The highest BCUT2D eigenvalue weighted by Gasteiger charge is 2.23. The van der Waals surface area contributed by atoms with Gasteiger partial charge < -0.3 is 5.73 Å². The van der Waals surface area contributed by atoms with Crippen LogP contribution in [-0.2, 0) is 10.8 Å². The molecule has 90 valence electrons. The quantitative estimate of drug-likeness (QED) is 0.858. The topological polar surface area (TPSA) is 43.1 Å². The summed E-state index contributed by atoms with van der Waals surface area (Å²) in [6.07, 6.45) is 0.929. The van der Waals surface area contributed by atoms with Crippen molar-refractivity contribution >= 4 is 10.8 Å². The van der Waals surface area contributed by atoms with E-state index < -0.39 is 10.8 Å². The van der Waals surface area contributed by atoms with Crippen LogP contribution in [0.5, 0.6) is 0 Å². The van der Waals surface area contributed by atoms with Gasteiger partial charge >= 0.3 is 0 Å². The van der Waals surface area contributed by atoms with E-state index in [4.69, 9.17) is 5.73 Å². The van der Waals surface area contributed by atoms with Gasteiger partial charge in [0.15, 0.2) is 0 Å². The summed E-state index contributed by atoms with van der Waals surface area (Å²) in [6, 6.07) is 9.74. The molecule has 0 amide bonds. The molecule has 0 bridgehead atoms. The Bertz CT molecular complexity index is 339. The minimum absolute atomic E-state index is 0.00245. The van der Waals surface area contributed by atoms with Crippen molar-refractivity contribution in [2.45, 2.75) is 43.7 Å². The second-order valence-corrected chi connectivity index (χ2v) is 6.39. The molecule has 0 aliphatic rings. The monoisotopic (exact) mass is 239 g/mol. The third-order valence-corrected chi connectivity index (χ3v) is 5.18. The van der Waals surface area contributed by atoms with Gasteiger partial charge in [-0.05, 0) is 18.9 Å². The van der Waals surface area contributed by atoms with Gasteiger partial charge in [-0.25, -0.2) is 0 Å². The Labute approximate surface area is 101 Å². The molecule has 0 saturated carbocycles. The second kappa shape index (κ2) is 6.16. The summed E-state index contributed by atoms with van der Waals surface area (Å²) < 4.78 is 12.1. The third kappa shape index (κ3) is 3.16. The number of benzene rings is 1. The molecule has 4 atom stereocenters. The maximum Gasteiger partial charge on any atom is 0.0515 e. The minimum atomic E-state index is -0.865. The van der Waals surface area contributed by atoms with Crippen LogP contribution in [0, 0.1) is 0 Å². The highest BCUT2D eigenvalue weighted by molar-refractivity contribution is 7.86. The molecule has 0 radical (unpaired) electrons. The summed E-state index contributed by atoms with van der Waals surface area (Å²) in [6.45, 7) is 6.05.